The number of hydrogen-bond acceptors (Lipinski definition) is 4. The zero-order chi connectivity index (χ0) is 11.5. The van der Waals surface area contributed by atoms with Crippen LogP contribution in [0.5, 0.6) is 0 Å². The number of nitrogens with two attached hydrogens (primary N) is 1. The van der Waals surface area contributed by atoms with Gasteiger partial charge in [0.05, 0.1) is 12.8 Å². The van der Waals surface area contributed by atoms with Gasteiger partial charge in [0.2, 0.25) is 0 Å². The Morgan fingerprint density at radius 2 is 2.00 bits per heavy atom. The van der Waals surface area contributed by atoms with Crippen LogP contribution in [0.15, 0.2) is 36.5 Å². The molecule has 82 valence electrons. The number of benzene rings is 1. The lowest BCUT2D eigenvalue weighted by molar-refractivity contribution is 0.0593. The van der Waals surface area contributed by atoms with Crippen molar-refractivity contribution < 1.29 is 9.53 Å². The summed E-state index contributed by atoms with van der Waals surface area (Å²) < 4.78 is 6.16. The number of hydrogen-bond donors (Lipinski definition) is 1. The molecule has 1 heterocycles. The molecule has 0 aliphatic carbocycles. The summed E-state index contributed by atoms with van der Waals surface area (Å²) in [7, 11) is 1.32. The van der Waals surface area contributed by atoms with E-state index in [4.69, 9.17) is 5.73 Å². The fourth-order valence-corrected chi connectivity index (χ4v) is 1.31. The van der Waals surface area contributed by atoms with Gasteiger partial charge in [0.15, 0.2) is 5.69 Å². The van der Waals surface area contributed by atoms with E-state index in [9.17, 15) is 4.79 Å². The SMILES string of the molecule is COC(=O)c1ccn(-c2ccc(N)cc2)n1. The van der Waals surface area contributed by atoms with E-state index in [1.165, 1.54) is 7.11 Å². The quantitative estimate of drug-likeness (QED) is 0.607. The number of methoxy groups -OCH3 is 1. The molecule has 0 spiro atoms. The fraction of sp³-hybridized carbons (Fsp3) is 0.0909. The van der Waals surface area contributed by atoms with Crippen molar-refractivity contribution in [3.8, 4) is 5.69 Å². The van der Waals surface area contributed by atoms with E-state index >= 15 is 0 Å². The Morgan fingerprint density at radius 3 is 2.62 bits per heavy atom. The highest BCUT2D eigenvalue weighted by Gasteiger charge is 2.09. The molecule has 1 aromatic carbocycles. The normalized spacial score (nSPS) is 10.1. The van der Waals surface area contributed by atoms with Gasteiger partial charge in [-0.05, 0) is 30.3 Å². The number of aromatic nitrogens is 2. The van der Waals surface area contributed by atoms with E-state index in [2.05, 4.69) is 9.84 Å². The van der Waals surface area contributed by atoms with Crippen molar-refractivity contribution in [2.45, 2.75) is 0 Å². The smallest absolute Gasteiger partial charge is 0.358 e. The fourth-order valence-electron chi connectivity index (χ4n) is 1.31. The van der Waals surface area contributed by atoms with Gasteiger partial charge in [-0.15, -0.1) is 0 Å². The molecular weight excluding hydrogens is 206 g/mol. The molecule has 0 aliphatic rings. The molecule has 0 saturated heterocycles. The van der Waals surface area contributed by atoms with Gasteiger partial charge >= 0.3 is 5.97 Å². The maximum absolute atomic E-state index is 11.2. The summed E-state index contributed by atoms with van der Waals surface area (Å²) in [6.45, 7) is 0. The van der Waals surface area contributed by atoms with E-state index in [1.807, 2.05) is 12.1 Å². The molecule has 5 heteroatoms. The molecule has 1 aromatic heterocycles. The number of carbonyl (C=O) groups is 1. The molecule has 2 aromatic rings. The first-order valence-electron chi connectivity index (χ1n) is 4.70. The Balaban J connectivity index is 2.31. The first-order valence-corrected chi connectivity index (χ1v) is 4.70. The van der Waals surface area contributed by atoms with Crippen molar-refractivity contribution in [2.24, 2.45) is 0 Å². The van der Waals surface area contributed by atoms with Gasteiger partial charge in [-0.3, -0.25) is 0 Å². The maximum atomic E-state index is 11.2. The molecule has 0 bridgehead atoms. The van der Waals surface area contributed by atoms with Crippen LogP contribution < -0.4 is 5.73 Å². The molecule has 2 N–H and O–H groups in total. The van der Waals surface area contributed by atoms with Crippen molar-refractivity contribution in [1.29, 1.82) is 0 Å². The number of rotatable bonds is 2. The number of anilines is 1. The van der Waals surface area contributed by atoms with Crippen LogP contribution in [0, 0.1) is 0 Å². The minimum Gasteiger partial charge on any atom is -0.464 e. The Morgan fingerprint density at radius 1 is 1.31 bits per heavy atom. The summed E-state index contributed by atoms with van der Waals surface area (Å²) in [6, 6.07) is 8.79. The molecule has 0 radical (unpaired) electrons. The Kier molecular flexibility index (Phi) is 2.59. The highest BCUT2D eigenvalue weighted by Crippen LogP contribution is 2.10. The predicted octanol–water partition coefficient (Wildman–Crippen LogP) is 1.24. The number of ether oxygens (including phenoxy) is 1. The van der Waals surface area contributed by atoms with Crippen LogP contribution in [0.1, 0.15) is 10.5 Å². The second kappa shape index (κ2) is 4.06. The molecule has 2 rings (SSSR count). The molecule has 0 fully saturated rings. The lowest BCUT2D eigenvalue weighted by Crippen LogP contribution is -2.04. The van der Waals surface area contributed by atoms with Crippen molar-refractivity contribution in [1.82, 2.24) is 9.78 Å². The zero-order valence-corrected chi connectivity index (χ0v) is 8.75. The van der Waals surface area contributed by atoms with E-state index in [0.717, 1.165) is 5.69 Å². The summed E-state index contributed by atoms with van der Waals surface area (Å²) in [4.78, 5) is 11.2. The minimum absolute atomic E-state index is 0.277. The van der Waals surface area contributed by atoms with E-state index in [1.54, 1.807) is 29.1 Å². The highest BCUT2D eigenvalue weighted by atomic mass is 16.5. The molecular formula is C11H11N3O2. The monoisotopic (exact) mass is 217 g/mol. The average Bonchev–Trinajstić information content (AvgIpc) is 2.78. The Hall–Kier alpha value is -2.30. The van der Waals surface area contributed by atoms with Gasteiger partial charge in [-0.2, -0.15) is 5.10 Å². The van der Waals surface area contributed by atoms with Gasteiger partial charge in [0.1, 0.15) is 0 Å². The van der Waals surface area contributed by atoms with Gasteiger partial charge in [0, 0.05) is 11.9 Å². The molecule has 0 saturated carbocycles. The number of esters is 1. The summed E-state index contributed by atoms with van der Waals surface area (Å²) in [5.74, 6) is -0.450. The topological polar surface area (TPSA) is 70.1 Å². The van der Waals surface area contributed by atoms with Crippen LogP contribution in [0.2, 0.25) is 0 Å². The van der Waals surface area contributed by atoms with Crippen molar-refractivity contribution in [3.63, 3.8) is 0 Å². The second-order valence-electron chi connectivity index (χ2n) is 3.23. The maximum Gasteiger partial charge on any atom is 0.358 e. The first-order chi connectivity index (χ1) is 7.70. The van der Waals surface area contributed by atoms with E-state index in [0.29, 0.717) is 5.69 Å². The Bertz CT molecular complexity index is 502. The molecule has 0 atom stereocenters. The number of nitrogens with zero attached hydrogens (tertiary/aromatic N) is 2. The molecule has 5 nitrogen and oxygen atoms in total. The molecule has 0 amide bonds. The van der Waals surface area contributed by atoms with Crippen LogP contribution in [0.3, 0.4) is 0 Å². The van der Waals surface area contributed by atoms with Crippen molar-refractivity contribution >= 4 is 11.7 Å². The lowest BCUT2D eigenvalue weighted by Gasteiger charge is -2.01. The van der Waals surface area contributed by atoms with Crippen LogP contribution >= 0.6 is 0 Å². The largest absolute Gasteiger partial charge is 0.464 e. The second-order valence-corrected chi connectivity index (χ2v) is 3.23. The average molecular weight is 217 g/mol. The summed E-state index contributed by atoms with van der Waals surface area (Å²) in [5, 5.41) is 4.08. The highest BCUT2D eigenvalue weighted by molar-refractivity contribution is 5.86. The third-order valence-corrected chi connectivity index (χ3v) is 2.14. The van der Waals surface area contributed by atoms with Crippen molar-refractivity contribution in [3.05, 3.63) is 42.2 Å². The molecule has 0 unspecified atom stereocenters. The first kappa shape index (κ1) is 10.2. The number of nitrogen functional groups attached to an aromatic ring is 1. The molecule has 0 aliphatic heterocycles. The van der Waals surface area contributed by atoms with Crippen LogP contribution in [0.4, 0.5) is 5.69 Å². The van der Waals surface area contributed by atoms with Crippen LogP contribution in [-0.2, 0) is 4.74 Å². The van der Waals surface area contributed by atoms with Crippen molar-refractivity contribution in [2.75, 3.05) is 12.8 Å². The van der Waals surface area contributed by atoms with E-state index in [-0.39, 0.29) is 5.69 Å². The summed E-state index contributed by atoms with van der Waals surface area (Å²) in [5.41, 5.74) is 7.37. The predicted molar refractivity (Wildman–Crippen MR) is 59.3 cm³/mol. The van der Waals surface area contributed by atoms with E-state index < -0.39 is 5.97 Å². The minimum atomic E-state index is -0.450. The lowest BCUT2D eigenvalue weighted by atomic mass is 10.3. The van der Waals surface area contributed by atoms with Crippen LogP contribution in [0.25, 0.3) is 5.69 Å². The summed E-state index contributed by atoms with van der Waals surface area (Å²) >= 11 is 0. The molecule has 16 heavy (non-hydrogen) atoms. The van der Waals surface area contributed by atoms with Gasteiger partial charge in [-0.25, -0.2) is 9.48 Å². The Labute approximate surface area is 92.4 Å². The summed E-state index contributed by atoms with van der Waals surface area (Å²) in [6.07, 6.45) is 1.69. The number of carbonyl (C=O) groups excluding carboxylic acids is 1. The van der Waals surface area contributed by atoms with Gasteiger partial charge in [-0.1, -0.05) is 0 Å². The van der Waals surface area contributed by atoms with Gasteiger partial charge in [0.25, 0.3) is 0 Å². The third kappa shape index (κ3) is 1.88. The van der Waals surface area contributed by atoms with Crippen LogP contribution in [-0.4, -0.2) is 22.9 Å². The zero-order valence-electron chi connectivity index (χ0n) is 8.75. The third-order valence-electron chi connectivity index (χ3n) is 2.14. The van der Waals surface area contributed by atoms with Gasteiger partial charge < -0.3 is 10.5 Å². The standard InChI is InChI=1S/C11H11N3O2/c1-16-11(15)10-6-7-14(13-10)9-4-2-8(12)3-5-9/h2-7H,12H2,1H3.